The Morgan fingerprint density at radius 2 is 1.11 bits per heavy atom. The fourth-order valence-corrected chi connectivity index (χ4v) is 3.96. The van der Waals surface area contributed by atoms with Gasteiger partial charge in [-0.1, -0.05) is 31.1 Å². The number of benzene rings is 3. The van der Waals surface area contributed by atoms with E-state index >= 15 is 0 Å². The van der Waals surface area contributed by atoms with E-state index in [1.165, 1.54) is 0 Å². The fourth-order valence-electron chi connectivity index (χ4n) is 3.96. The molecule has 3 aromatic carbocycles. The van der Waals surface area contributed by atoms with Crippen LogP contribution in [0.3, 0.4) is 0 Å². The zero-order valence-electron chi connectivity index (χ0n) is 23.2. The maximum Gasteiger partial charge on any atom is 0.432 e. The highest BCUT2D eigenvalue weighted by atomic mass is 19.4. The van der Waals surface area contributed by atoms with Gasteiger partial charge in [0.05, 0.1) is 5.56 Å². The van der Waals surface area contributed by atoms with Crippen LogP contribution in [0.15, 0.2) is 48.8 Å². The van der Waals surface area contributed by atoms with Gasteiger partial charge in [-0.25, -0.2) is 36.3 Å². The highest BCUT2D eigenvalue weighted by Crippen LogP contribution is 2.39. The number of unbranched alkanes of at least 4 members (excludes halogenated alkanes) is 1. The van der Waals surface area contributed by atoms with E-state index in [1.54, 1.807) is 12.4 Å². The van der Waals surface area contributed by atoms with Crippen molar-refractivity contribution in [1.82, 2.24) is 9.97 Å². The molecule has 0 radical (unpaired) electrons. The molecule has 0 amide bonds. The third kappa shape index (κ3) is 7.93. The molecule has 1 heterocycles. The van der Waals surface area contributed by atoms with Gasteiger partial charge in [0.15, 0.2) is 0 Å². The molecule has 0 atom stereocenters. The molecule has 3 nitrogen and oxygen atoms in total. The Kier molecular flexibility index (Phi) is 9.90. The van der Waals surface area contributed by atoms with E-state index in [-0.39, 0.29) is 35.7 Å². The first kappa shape index (κ1) is 33.8. The van der Waals surface area contributed by atoms with E-state index in [0.29, 0.717) is 0 Å². The standard InChI is InChI=1S/C32H17F11N2O/c1-2-3-4-19-15-44-28(45-16-19)8-6-18-9-22(33)21(23(34)10-18)7-5-17-11-24(35)30(25(36)12-17)32(42,43)46-20-13-26(37)29(27(38)14-20)31(39,40)41/h9-16H,2-4H2,1H3. The van der Waals surface area contributed by atoms with Crippen molar-refractivity contribution < 1.29 is 53.0 Å². The second-order valence-corrected chi connectivity index (χ2v) is 9.53. The molecule has 0 spiro atoms. The summed E-state index contributed by atoms with van der Waals surface area (Å²) in [5.74, 6) is -3.38. The molecule has 0 fully saturated rings. The molecular weight excluding hydrogens is 637 g/mol. The molecule has 0 unspecified atom stereocenters. The summed E-state index contributed by atoms with van der Waals surface area (Å²) in [6.07, 6.45) is -4.62. The summed E-state index contributed by atoms with van der Waals surface area (Å²) in [6.45, 7) is 2.03. The number of aromatic nitrogens is 2. The van der Waals surface area contributed by atoms with Crippen LogP contribution in [0, 0.1) is 58.6 Å². The van der Waals surface area contributed by atoms with E-state index < -0.39 is 75.2 Å². The monoisotopic (exact) mass is 654 g/mol. The number of hydrogen-bond donors (Lipinski definition) is 0. The van der Waals surface area contributed by atoms with Gasteiger partial charge in [0, 0.05) is 35.7 Å². The third-order valence-electron chi connectivity index (χ3n) is 6.10. The number of halogens is 11. The van der Waals surface area contributed by atoms with Crippen molar-refractivity contribution in [2.24, 2.45) is 0 Å². The molecule has 0 aliphatic rings. The number of aryl methyl sites for hydroxylation is 1. The molecule has 0 bridgehead atoms. The summed E-state index contributed by atoms with van der Waals surface area (Å²) in [5.41, 5.74) is -5.20. The van der Waals surface area contributed by atoms with E-state index in [9.17, 15) is 48.3 Å². The van der Waals surface area contributed by atoms with Crippen LogP contribution in [0.2, 0.25) is 0 Å². The number of alkyl halides is 5. The maximum atomic E-state index is 14.6. The van der Waals surface area contributed by atoms with Gasteiger partial charge in [-0.3, -0.25) is 0 Å². The van der Waals surface area contributed by atoms with E-state index in [4.69, 9.17) is 0 Å². The minimum atomic E-state index is -5.51. The van der Waals surface area contributed by atoms with Crippen LogP contribution in [0.25, 0.3) is 0 Å². The summed E-state index contributed by atoms with van der Waals surface area (Å²) in [4.78, 5) is 8.14. The van der Waals surface area contributed by atoms with Crippen molar-refractivity contribution >= 4 is 0 Å². The van der Waals surface area contributed by atoms with Crippen LogP contribution in [-0.4, -0.2) is 9.97 Å². The molecule has 238 valence electrons. The normalized spacial score (nSPS) is 11.4. The average molecular weight is 654 g/mol. The molecule has 0 aliphatic heterocycles. The molecule has 0 saturated carbocycles. The van der Waals surface area contributed by atoms with Crippen molar-refractivity contribution in [2.45, 2.75) is 38.5 Å². The van der Waals surface area contributed by atoms with Crippen LogP contribution in [0.4, 0.5) is 48.3 Å². The first-order chi connectivity index (χ1) is 21.6. The van der Waals surface area contributed by atoms with Gasteiger partial charge in [0.1, 0.15) is 51.8 Å². The average Bonchev–Trinajstić information content (AvgIpc) is 2.93. The number of rotatable bonds is 6. The van der Waals surface area contributed by atoms with E-state index in [1.807, 2.05) is 18.8 Å². The Hall–Kier alpha value is -5.11. The van der Waals surface area contributed by atoms with Gasteiger partial charge < -0.3 is 4.74 Å². The second kappa shape index (κ2) is 13.5. The number of nitrogens with zero attached hydrogens (tertiary/aromatic N) is 2. The Bertz CT molecular complexity index is 1830. The van der Waals surface area contributed by atoms with Gasteiger partial charge in [-0.05, 0) is 48.6 Å². The molecule has 4 aromatic rings. The highest BCUT2D eigenvalue weighted by Gasteiger charge is 2.43. The number of hydrogen-bond acceptors (Lipinski definition) is 3. The molecule has 0 N–H and O–H groups in total. The molecule has 46 heavy (non-hydrogen) atoms. The Morgan fingerprint density at radius 1 is 0.630 bits per heavy atom. The zero-order chi connectivity index (χ0) is 33.8. The lowest BCUT2D eigenvalue weighted by atomic mass is 10.1. The summed E-state index contributed by atoms with van der Waals surface area (Å²) in [7, 11) is 0. The molecular formula is C32H17F11N2O. The minimum absolute atomic E-state index is 0.104. The lowest BCUT2D eigenvalue weighted by molar-refractivity contribution is -0.189. The quantitative estimate of drug-likeness (QED) is 0.154. The minimum Gasteiger partial charge on any atom is -0.429 e. The molecule has 0 aliphatic carbocycles. The van der Waals surface area contributed by atoms with Gasteiger partial charge in [0.25, 0.3) is 0 Å². The SMILES string of the molecule is CCCCc1cnc(C#Cc2cc(F)c(C#Cc3cc(F)c(C(F)(F)Oc4cc(F)c(C(F)(F)F)c(F)c4)c(F)c3)c(F)c2)nc1. The van der Waals surface area contributed by atoms with Crippen LogP contribution >= 0.6 is 0 Å². The van der Waals surface area contributed by atoms with Gasteiger partial charge in [-0.15, -0.1) is 0 Å². The topological polar surface area (TPSA) is 35.0 Å². The van der Waals surface area contributed by atoms with Crippen LogP contribution in [0.1, 0.15) is 59.0 Å². The smallest absolute Gasteiger partial charge is 0.429 e. The predicted octanol–water partition coefficient (Wildman–Crippen LogP) is 8.60. The molecule has 14 heteroatoms. The Labute approximate surface area is 254 Å². The van der Waals surface area contributed by atoms with E-state index in [0.717, 1.165) is 37.0 Å². The summed E-state index contributed by atoms with van der Waals surface area (Å²) in [6, 6.07) is 1.67. The van der Waals surface area contributed by atoms with Crippen LogP contribution < -0.4 is 4.74 Å². The molecule has 0 saturated heterocycles. The number of ether oxygens (including phenoxy) is 1. The Morgan fingerprint density at radius 3 is 1.61 bits per heavy atom. The fraction of sp³-hybridized carbons (Fsp3) is 0.188. The molecule has 4 rings (SSSR count). The second-order valence-electron chi connectivity index (χ2n) is 9.53. The Balaban J connectivity index is 1.55. The first-order valence-electron chi connectivity index (χ1n) is 13.1. The van der Waals surface area contributed by atoms with Crippen LogP contribution in [0.5, 0.6) is 5.75 Å². The van der Waals surface area contributed by atoms with Crippen LogP contribution in [-0.2, 0) is 18.7 Å². The van der Waals surface area contributed by atoms with Gasteiger partial charge in [0.2, 0.25) is 5.82 Å². The zero-order valence-corrected chi connectivity index (χ0v) is 23.2. The van der Waals surface area contributed by atoms with Gasteiger partial charge in [-0.2, -0.15) is 22.0 Å². The van der Waals surface area contributed by atoms with E-state index in [2.05, 4.69) is 26.5 Å². The molecule has 1 aromatic heterocycles. The first-order valence-corrected chi connectivity index (χ1v) is 13.1. The summed E-state index contributed by atoms with van der Waals surface area (Å²) >= 11 is 0. The van der Waals surface area contributed by atoms with Crippen molar-refractivity contribution in [3.63, 3.8) is 0 Å². The van der Waals surface area contributed by atoms with Crippen molar-refractivity contribution in [3.8, 4) is 29.4 Å². The third-order valence-corrected chi connectivity index (χ3v) is 6.10. The summed E-state index contributed by atoms with van der Waals surface area (Å²) in [5, 5.41) is 0. The lowest BCUT2D eigenvalue weighted by Gasteiger charge is -2.20. The van der Waals surface area contributed by atoms with Crippen molar-refractivity contribution in [2.75, 3.05) is 0 Å². The van der Waals surface area contributed by atoms with Crippen molar-refractivity contribution in [1.29, 1.82) is 0 Å². The predicted molar refractivity (Wildman–Crippen MR) is 141 cm³/mol. The maximum absolute atomic E-state index is 14.6. The highest BCUT2D eigenvalue weighted by molar-refractivity contribution is 5.49. The van der Waals surface area contributed by atoms with Crippen molar-refractivity contribution in [3.05, 3.63) is 123 Å². The summed E-state index contributed by atoms with van der Waals surface area (Å²) < 4.78 is 157. The lowest BCUT2D eigenvalue weighted by Crippen LogP contribution is -2.25. The largest absolute Gasteiger partial charge is 0.432 e. The van der Waals surface area contributed by atoms with Gasteiger partial charge >= 0.3 is 12.3 Å².